The first-order chi connectivity index (χ1) is 25.0. The van der Waals surface area contributed by atoms with Gasteiger partial charge in [0.1, 0.15) is 0 Å². The number of benzene rings is 2. The molecular formula is C44H44N4O4. The molecule has 8 nitrogen and oxygen atoms in total. The Morgan fingerprint density at radius 3 is 1.38 bits per heavy atom. The molecule has 7 rings (SSSR count). The Hall–Kier alpha value is -5.76. The molecule has 0 unspecified atom stereocenters. The largest absolute Gasteiger partial charge is 0.469 e. The summed E-state index contributed by atoms with van der Waals surface area (Å²) < 4.78 is 10.3. The van der Waals surface area contributed by atoms with Crippen LogP contribution in [0.5, 0.6) is 0 Å². The van der Waals surface area contributed by atoms with E-state index in [1.807, 2.05) is 36.4 Å². The summed E-state index contributed by atoms with van der Waals surface area (Å²) in [5, 5.41) is 0. The summed E-state index contributed by atoms with van der Waals surface area (Å²) in [6.07, 6.45) is 8.62. The maximum atomic E-state index is 12.8. The lowest BCUT2D eigenvalue weighted by Gasteiger charge is -2.33. The van der Waals surface area contributed by atoms with Crippen LogP contribution < -0.4 is 0 Å². The van der Waals surface area contributed by atoms with Crippen molar-refractivity contribution in [3.63, 3.8) is 0 Å². The smallest absolute Gasteiger partial charge is 0.306 e. The molecule has 2 N–H and O–H groups in total. The van der Waals surface area contributed by atoms with Gasteiger partial charge in [-0.25, -0.2) is 0 Å². The van der Waals surface area contributed by atoms with Crippen molar-refractivity contribution >= 4 is 34.5 Å². The van der Waals surface area contributed by atoms with E-state index in [4.69, 9.17) is 19.5 Å². The van der Waals surface area contributed by atoms with Gasteiger partial charge in [-0.3, -0.25) is 19.6 Å². The minimum atomic E-state index is -0.590. The molecule has 52 heavy (non-hydrogen) atoms. The van der Waals surface area contributed by atoms with Crippen molar-refractivity contribution in [2.75, 3.05) is 14.2 Å². The highest BCUT2D eigenvalue weighted by Gasteiger charge is 2.41. The van der Waals surface area contributed by atoms with Crippen LogP contribution >= 0.6 is 0 Å². The molecule has 3 aliphatic heterocycles. The second kappa shape index (κ2) is 13.8. The molecule has 4 aromatic rings. The van der Waals surface area contributed by atoms with Crippen LogP contribution in [0.25, 0.3) is 11.1 Å². The first-order valence-corrected chi connectivity index (χ1v) is 17.6. The van der Waals surface area contributed by atoms with Crippen molar-refractivity contribution in [1.82, 2.24) is 9.97 Å². The molecule has 2 aromatic carbocycles. The fraction of sp³-hybridized carbons (Fsp3) is 0.273. The predicted molar refractivity (Wildman–Crippen MR) is 206 cm³/mol. The number of methoxy groups -OCH3 is 2. The van der Waals surface area contributed by atoms with Crippen molar-refractivity contribution in [3.05, 3.63) is 155 Å². The summed E-state index contributed by atoms with van der Waals surface area (Å²) in [4.78, 5) is 43.8. The minimum Gasteiger partial charge on any atom is -0.469 e. The van der Waals surface area contributed by atoms with E-state index in [1.165, 1.54) is 14.2 Å². The summed E-state index contributed by atoms with van der Waals surface area (Å²) in [5.41, 5.74) is 9.74. The number of rotatable bonds is 8. The van der Waals surface area contributed by atoms with Gasteiger partial charge in [0, 0.05) is 45.8 Å². The fourth-order valence-electron chi connectivity index (χ4n) is 7.95. The number of nitrogens with one attached hydrogen (secondary N) is 2. The Morgan fingerprint density at radius 2 is 0.981 bits per heavy atom. The lowest BCUT2D eigenvalue weighted by atomic mass is 9.71. The molecule has 3 aliphatic rings. The summed E-state index contributed by atoms with van der Waals surface area (Å²) >= 11 is 0. The first-order valence-electron chi connectivity index (χ1n) is 17.6. The van der Waals surface area contributed by atoms with E-state index in [1.54, 1.807) is 0 Å². The van der Waals surface area contributed by atoms with Crippen molar-refractivity contribution in [3.8, 4) is 0 Å². The van der Waals surface area contributed by atoms with E-state index >= 15 is 0 Å². The summed E-state index contributed by atoms with van der Waals surface area (Å²) in [6, 6.07) is 28.9. The van der Waals surface area contributed by atoms with Gasteiger partial charge in [0.25, 0.3) is 0 Å². The highest BCUT2D eigenvalue weighted by atomic mass is 16.5. The normalized spacial score (nSPS) is 21.2. The number of aliphatic imine (C=N–C) groups is 2. The SMILES string of the molecule is COC(=O)CC(C)(C)C1C2=N/C(=C(/c3ccccc3)c3ccc([nH]3)C(C(C)(C)CC(=O)OC)c3ccc([nH]3)/C(c3ccccc3)=C3/C=CC1=N3)C=C2. The molecule has 2 aromatic heterocycles. The van der Waals surface area contributed by atoms with Gasteiger partial charge in [0.2, 0.25) is 0 Å². The summed E-state index contributed by atoms with van der Waals surface area (Å²) in [5.74, 6) is -1.11. The van der Waals surface area contributed by atoms with E-state index in [0.717, 1.165) is 67.9 Å². The van der Waals surface area contributed by atoms with Crippen molar-refractivity contribution in [2.45, 2.75) is 46.5 Å². The van der Waals surface area contributed by atoms with Crippen LogP contribution in [0.4, 0.5) is 0 Å². The maximum Gasteiger partial charge on any atom is 0.306 e. The van der Waals surface area contributed by atoms with E-state index in [-0.39, 0.29) is 36.6 Å². The van der Waals surface area contributed by atoms with Gasteiger partial charge in [-0.15, -0.1) is 0 Å². The lowest BCUT2D eigenvalue weighted by Crippen LogP contribution is -2.37. The van der Waals surface area contributed by atoms with Gasteiger partial charge in [-0.05, 0) is 70.5 Å². The number of ether oxygens (including phenoxy) is 2. The number of H-pyrrole nitrogens is 2. The molecule has 0 spiro atoms. The average Bonchev–Trinajstić information content (AvgIpc) is 3.96. The van der Waals surface area contributed by atoms with Gasteiger partial charge in [-0.1, -0.05) is 88.4 Å². The first kappa shape index (κ1) is 34.7. The molecule has 0 saturated carbocycles. The van der Waals surface area contributed by atoms with E-state index < -0.39 is 10.8 Å². The van der Waals surface area contributed by atoms with Gasteiger partial charge < -0.3 is 19.4 Å². The predicted octanol–water partition coefficient (Wildman–Crippen LogP) is 8.82. The van der Waals surface area contributed by atoms with Crippen LogP contribution in [0.15, 0.2) is 131 Å². The number of esters is 2. The number of carbonyl (C=O) groups excluding carboxylic acids is 2. The van der Waals surface area contributed by atoms with Gasteiger partial charge in [-0.2, -0.15) is 0 Å². The zero-order chi connectivity index (χ0) is 36.6. The van der Waals surface area contributed by atoms with Gasteiger partial charge in [0.05, 0.1) is 49.9 Å². The molecule has 264 valence electrons. The molecule has 0 atom stereocenters. The van der Waals surface area contributed by atoms with Crippen LogP contribution in [-0.2, 0) is 19.1 Å². The zero-order valence-corrected chi connectivity index (χ0v) is 30.5. The summed E-state index contributed by atoms with van der Waals surface area (Å²) in [7, 11) is 2.86. The van der Waals surface area contributed by atoms with E-state index in [0.29, 0.717) is 0 Å². The number of carbonyl (C=O) groups is 2. The van der Waals surface area contributed by atoms with Crippen LogP contribution in [0.2, 0.25) is 0 Å². The number of hydrogen-bond acceptors (Lipinski definition) is 6. The fourth-order valence-corrected chi connectivity index (χ4v) is 7.95. The topological polar surface area (TPSA) is 109 Å². The highest BCUT2D eigenvalue weighted by Crippen LogP contribution is 2.46. The van der Waals surface area contributed by atoms with Crippen LogP contribution in [0.1, 0.15) is 80.4 Å². The standard InChI is InChI=1S/C44H44N4O4/c1-43(2,25-37(49)51-5)41-33-21-17-29(45-33)39(27-13-9-7-10-14-27)31-19-23-35(47-31)42(44(3,4)26-38(50)52-6)36-24-20-32(48-36)40(28-15-11-8-12-16-28)30-18-22-34(41)46-30/h7-24,41-42,45-46H,25-26H2,1-6H3/b39-31-,40-32-. The molecule has 5 heterocycles. The Morgan fingerprint density at radius 1 is 0.577 bits per heavy atom. The second-order valence-electron chi connectivity index (χ2n) is 15.0. The lowest BCUT2D eigenvalue weighted by molar-refractivity contribution is -0.144. The third-order valence-electron chi connectivity index (χ3n) is 10.3. The van der Waals surface area contributed by atoms with E-state index in [2.05, 4.69) is 110 Å². The van der Waals surface area contributed by atoms with Gasteiger partial charge >= 0.3 is 11.9 Å². The Labute approximate surface area is 304 Å². The molecule has 0 aliphatic carbocycles. The molecule has 0 saturated heterocycles. The van der Waals surface area contributed by atoms with Crippen LogP contribution in [0, 0.1) is 16.7 Å². The highest BCUT2D eigenvalue weighted by molar-refractivity contribution is 6.20. The Balaban J connectivity index is 1.52. The number of nitrogens with zero attached hydrogens (tertiary/aromatic N) is 2. The molecule has 8 bridgehead atoms. The maximum absolute atomic E-state index is 12.8. The number of aromatic amines is 2. The third kappa shape index (κ3) is 6.57. The van der Waals surface area contributed by atoms with E-state index in [9.17, 15) is 9.59 Å². The number of hydrogen-bond donors (Lipinski definition) is 2. The Bertz CT molecular complexity index is 2080. The van der Waals surface area contributed by atoms with Crippen molar-refractivity contribution in [2.24, 2.45) is 26.7 Å². The van der Waals surface area contributed by atoms with Crippen LogP contribution in [-0.4, -0.2) is 47.5 Å². The molecule has 0 fully saturated rings. The molecule has 0 radical (unpaired) electrons. The van der Waals surface area contributed by atoms with Gasteiger partial charge in [0.15, 0.2) is 0 Å². The number of allylic oxidation sites excluding steroid dienone is 4. The minimum absolute atomic E-state index is 0.186. The van der Waals surface area contributed by atoms with Crippen LogP contribution in [0.3, 0.4) is 0 Å². The average molecular weight is 693 g/mol. The monoisotopic (exact) mass is 692 g/mol. The third-order valence-corrected chi connectivity index (χ3v) is 10.3. The Kier molecular flexibility index (Phi) is 9.17. The number of fused-ring (bicyclic) bond motifs is 6. The summed E-state index contributed by atoms with van der Waals surface area (Å²) in [6.45, 7) is 8.35. The number of aromatic nitrogens is 2. The second-order valence-corrected chi connectivity index (χ2v) is 15.0. The zero-order valence-electron chi connectivity index (χ0n) is 30.5. The van der Waals surface area contributed by atoms with Crippen molar-refractivity contribution < 1.29 is 19.1 Å². The molecule has 8 heteroatoms. The molecular weight excluding hydrogens is 649 g/mol. The van der Waals surface area contributed by atoms with Crippen molar-refractivity contribution in [1.29, 1.82) is 0 Å². The quantitative estimate of drug-likeness (QED) is 0.180. The molecule has 0 amide bonds.